The highest BCUT2D eigenvalue weighted by molar-refractivity contribution is 6.17. The molecule has 5 nitrogen and oxygen atoms in total. The lowest BCUT2D eigenvalue weighted by Gasteiger charge is -2.27. The van der Waals surface area contributed by atoms with Crippen molar-refractivity contribution < 1.29 is 24.2 Å². The van der Waals surface area contributed by atoms with E-state index in [0.717, 1.165) is 5.56 Å². The molecule has 3 aromatic rings. The first-order valence-electron chi connectivity index (χ1n) is 9.84. The molecule has 4 rings (SSSR count). The number of hydrogen-bond donors (Lipinski definition) is 2. The lowest BCUT2D eigenvalue weighted by molar-refractivity contribution is -0.118. The lowest BCUT2D eigenvalue weighted by atomic mass is 9.93. The molecule has 3 aromatic carbocycles. The van der Waals surface area contributed by atoms with Crippen LogP contribution >= 0.6 is 0 Å². The van der Waals surface area contributed by atoms with Gasteiger partial charge in [0.2, 0.25) is 0 Å². The molecule has 0 fully saturated rings. The zero-order valence-corrected chi connectivity index (χ0v) is 16.5. The van der Waals surface area contributed by atoms with E-state index in [1.165, 1.54) is 41.3 Å². The number of phenolic OH excluding ortho intramolecular Hbond substituents is 1. The molecule has 6 heteroatoms. The molecular weight excluding hydrogens is 397 g/mol. The number of carbonyl (C=O) groups is 2. The third kappa shape index (κ3) is 3.92. The van der Waals surface area contributed by atoms with Crippen molar-refractivity contribution in [2.45, 2.75) is 18.9 Å². The first-order valence-corrected chi connectivity index (χ1v) is 9.84. The number of aliphatic hydroxyl groups excluding tert-OH is 1. The zero-order chi connectivity index (χ0) is 22.0. The number of phenols is 1. The van der Waals surface area contributed by atoms with Crippen LogP contribution in [0, 0.1) is 5.82 Å². The molecular formula is C25H20FNO4. The van der Waals surface area contributed by atoms with Crippen molar-refractivity contribution in [1.82, 2.24) is 0 Å². The summed E-state index contributed by atoms with van der Waals surface area (Å²) in [6, 6.07) is 20.0. The van der Waals surface area contributed by atoms with E-state index in [4.69, 9.17) is 0 Å². The second kappa shape index (κ2) is 8.44. The lowest BCUT2D eigenvalue weighted by Crippen LogP contribution is -2.31. The Morgan fingerprint density at radius 2 is 1.55 bits per heavy atom. The predicted octanol–water partition coefficient (Wildman–Crippen LogP) is 4.63. The van der Waals surface area contributed by atoms with Crippen LogP contribution in [-0.2, 0) is 16.0 Å². The fourth-order valence-electron chi connectivity index (χ4n) is 3.80. The Hall–Kier alpha value is -3.93. The number of rotatable bonds is 6. The number of halogens is 1. The number of nitrogens with zero attached hydrogens (tertiary/aromatic N) is 1. The Morgan fingerprint density at radius 1 is 0.903 bits per heavy atom. The van der Waals surface area contributed by atoms with Crippen LogP contribution in [0.2, 0.25) is 0 Å². The highest BCUT2D eigenvalue weighted by Gasteiger charge is 2.44. The predicted molar refractivity (Wildman–Crippen MR) is 114 cm³/mol. The summed E-state index contributed by atoms with van der Waals surface area (Å²) in [5.41, 5.74) is 1.50. The van der Waals surface area contributed by atoms with Gasteiger partial charge >= 0.3 is 0 Å². The number of ketones is 1. The molecule has 1 unspecified atom stereocenters. The number of para-hydroxylation sites is 2. The zero-order valence-electron chi connectivity index (χ0n) is 16.5. The van der Waals surface area contributed by atoms with Crippen molar-refractivity contribution in [2.24, 2.45) is 0 Å². The van der Waals surface area contributed by atoms with E-state index < -0.39 is 23.5 Å². The summed E-state index contributed by atoms with van der Waals surface area (Å²) in [7, 11) is 0. The van der Waals surface area contributed by atoms with E-state index in [2.05, 4.69) is 0 Å². The summed E-state index contributed by atoms with van der Waals surface area (Å²) in [6.07, 6.45) is 0.528. The van der Waals surface area contributed by atoms with Crippen molar-refractivity contribution in [3.8, 4) is 5.75 Å². The number of benzene rings is 3. The van der Waals surface area contributed by atoms with Gasteiger partial charge in [0, 0.05) is 6.42 Å². The third-order valence-electron chi connectivity index (χ3n) is 5.32. The second-order valence-corrected chi connectivity index (χ2v) is 7.29. The minimum atomic E-state index is -0.982. The van der Waals surface area contributed by atoms with Gasteiger partial charge in [-0.3, -0.25) is 14.5 Å². The number of amides is 1. The topological polar surface area (TPSA) is 77.8 Å². The van der Waals surface area contributed by atoms with Crippen LogP contribution in [0.3, 0.4) is 0 Å². The van der Waals surface area contributed by atoms with Crippen LogP contribution in [-0.4, -0.2) is 21.9 Å². The summed E-state index contributed by atoms with van der Waals surface area (Å²) in [4.78, 5) is 27.3. The molecule has 1 aliphatic heterocycles. The number of anilines is 1. The van der Waals surface area contributed by atoms with Crippen LogP contribution in [0.25, 0.3) is 0 Å². The van der Waals surface area contributed by atoms with Gasteiger partial charge in [-0.2, -0.15) is 0 Å². The SMILES string of the molecule is O=C(CCc1ccccc1)C1=C(O)C(=O)N(c2ccccc2O)C1c1ccc(F)cc1. The molecule has 0 spiro atoms. The third-order valence-corrected chi connectivity index (χ3v) is 5.32. The molecule has 0 aliphatic carbocycles. The van der Waals surface area contributed by atoms with E-state index in [9.17, 15) is 24.2 Å². The number of aryl methyl sites for hydroxylation is 1. The summed E-state index contributed by atoms with van der Waals surface area (Å²) in [5.74, 6) is -2.47. The molecule has 0 bridgehead atoms. The maximum Gasteiger partial charge on any atom is 0.294 e. The van der Waals surface area contributed by atoms with Crippen molar-refractivity contribution in [1.29, 1.82) is 0 Å². The van der Waals surface area contributed by atoms with Crippen molar-refractivity contribution >= 4 is 17.4 Å². The number of hydrogen-bond acceptors (Lipinski definition) is 4. The number of Topliss-reactive ketones (excluding diaryl/α,β-unsaturated/α-hetero) is 1. The Balaban J connectivity index is 1.74. The molecule has 1 heterocycles. The van der Waals surface area contributed by atoms with Gasteiger partial charge in [0.05, 0.1) is 17.3 Å². The van der Waals surface area contributed by atoms with Gasteiger partial charge in [0.15, 0.2) is 11.5 Å². The van der Waals surface area contributed by atoms with Crippen LogP contribution in [0.5, 0.6) is 5.75 Å². The molecule has 31 heavy (non-hydrogen) atoms. The van der Waals surface area contributed by atoms with E-state index >= 15 is 0 Å². The summed E-state index contributed by atoms with van der Waals surface area (Å²) in [5, 5.41) is 21.0. The maximum absolute atomic E-state index is 13.5. The first kappa shape index (κ1) is 20.3. The van der Waals surface area contributed by atoms with Crippen molar-refractivity contribution in [3.63, 3.8) is 0 Å². The molecule has 0 radical (unpaired) electrons. The van der Waals surface area contributed by atoms with Gasteiger partial charge in [0.25, 0.3) is 5.91 Å². The molecule has 0 aromatic heterocycles. The first-order chi connectivity index (χ1) is 15.0. The molecule has 1 amide bonds. The quantitative estimate of drug-likeness (QED) is 0.613. The molecule has 1 aliphatic rings. The van der Waals surface area contributed by atoms with Gasteiger partial charge < -0.3 is 10.2 Å². The molecule has 0 saturated heterocycles. The fraction of sp³-hybridized carbons (Fsp3) is 0.120. The summed E-state index contributed by atoms with van der Waals surface area (Å²) in [6.45, 7) is 0. The Kier molecular flexibility index (Phi) is 5.54. The number of carbonyl (C=O) groups excluding carboxylic acids is 2. The largest absolute Gasteiger partial charge is 0.506 e. The Morgan fingerprint density at radius 3 is 2.23 bits per heavy atom. The van der Waals surface area contributed by atoms with E-state index in [0.29, 0.717) is 12.0 Å². The van der Waals surface area contributed by atoms with Gasteiger partial charge in [-0.1, -0.05) is 54.6 Å². The monoisotopic (exact) mass is 417 g/mol. The van der Waals surface area contributed by atoms with E-state index in [1.807, 2.05) is 30.3 Å². The summed E-state index contributed by atoms with van der Waals surface area (Å²) < 4.78 is 13.5. The minimum absolute atomic E-state index is 0.0595. The van der Waals surface area contributed by atoms with Crippen LogP contribution in [0.1, 0.15) is 23.6 Å². The van der Waals surface area contributed by atoms with E-state index in [1.54, 1.807) is 12.1 Å². The second-order valence-electron chi connectivity index (χ2n) is 7.29. The smallest absolute Gasteiger partial charge is 0.294 e. The average molecular weight is 417 g/mol. The van der Waals surface area contributed by atoms with Gasteiger partial charge in [0.1, 0.15) is 11.6 Å². The molecule has 156 valence electrons. The van der Waals surface area contributed by atoms with Crippen LogP contribution in [0.15, 0.2) is 90.2 Å². The summed E-state index contributed by atoms with van der Waals surface area (Å²) >= 11 is 0. The normalized spacial score (nSPS) is 16.1. The minimum Gasteiger partial charge on any atom is -0.506 e. The Bertz CT molecular complexity index is 1160. The van der Waals surface area contributed by atoms with Crippen molar-refractivity contribution in [2.75, 3.05) is 4.90 Å². The highest BCUT2D eigenvalue weighted by Crippen LogP contribution is 2.44. The van der Waals surface area contributed by atoms with Crippen molar-refractivity contribution in [3.05, 3.63) is 107 Å². The highest BCUT2D eigenvalue weighted by atomic mass is 19.1. The number of aliphatic hydroxyl groups is 1. The molecule has 0 saturated carbocycles. The van der Waals surface area contributed by atoms with Crippen LogP contribution in [0.4, 0.5) is 10.1 Å². The molecule has 2 N–H and O–H groups in total. The van der Waals surface area contributed by atoms with Crippen LogP contribution < -0.4 is 4.90 Å². The number of aromatic hydroxyl groups is 1. The van der Waals surface area contributed by atoms with Gasteiger partial charge in [-0.05, 0) is 41.8 Å². The Labute approximate surface area is 178 Å². The average Bonchev–Trinajstić information content (AvgIpc) is 3.04. The fourth-order valence-corrected chi connectivity index (χ4v) is 3.80. The van der Waals surface area contributed by atoms with E-state index in [-0.39, 0.29) is 29.2 Å². The maximum atomic E-state index is 13.5. The molecule has 1 atom stereocenters. The van der Waals surface area contributed by atoms with Gasteiger partial charge in [-0.15, -0.1) is 0 Å². The standard InChI is InChI=1S/C25H20FNO4/c26-18-13-11-17(12-14-18)23-22(21(29)15-10-16-6-2-1-3-7-16)24(30)25(31)27(23)19-8-4-5-9-20(19)28/h1-9,11-14,23,28,30H,10,15H2. The van der Waals surface area contributed by atoms with Gasteiger partial charge in [-0.25, -0.2) is 4.39 Å².